The van der Waals surface area contributed by atoms with Crippen LogP contribution in [0, 0.1) is 0 Å². The molecule has 11 nitrogen and oxygen atoms in total. The number of Topliss-reactive ketones (excluding diaryl/α,β-unsaturated/α-hetero) is 1. The van der Waals surface area contributed by atoms with Gasteiger partial charge in [0.1, 0.15) is 11.3 Å². The number of hydrogen-bond donors (Lipinski definition) is 0. The zero-order valence-electron chi connectivity index (χ0n) is 20.1. The fraction of sp³-hybridized carbons (Fsp3) is 0.478. The van der Waals surface area contributed by atoms with E-state index in [1.165, 1.54) is 53.7 Å². The Kier molecular flexibility index (Phi) is 8.15. The first-order chi connectivity index (χ1) is 16.6. The highest BCUT2D eigenvalue weighted by Gasteiger charge is 2.48. The van der Waals surface area contributed by atoms with Crippen LogP contribution in [0.3, 0.4) is 0 Å². The summed E-state index contributed by atoms with van der Waals surface area (Å²) in [4.78, 5) is 47.3. The van der Waals surface area contributed by atoms with Crippen LogP contribution in [0.15, 0.2) is 16.5 Å². The van der Waals surface area contributed by atoms with Crippen molar-refractivity contribution in [3.05, 3.63) is 17.9 Å². The maximum Gasteiger partial charge on any atom is 0.303 e. The molecular weight excluding hydrogens is 484 g/mol. The minimum atomic E-state index is -1.11. The molecule has 0 aromatic heterocycles. The molecule has 0 N–H and O–H groups in total. The van der Waals surface area contributed by atoms with Crippen LogP contribution < -0.4 is 14.2 Å². The van der Waals surface area contributed by atoms with Gasteiger partial charge in [-0.2, -0.15) is 0 Å². The third kappa shape index (κ3) is 5.64. The largest absolute Gasteiger partial charge is 0.492 e. The van der Waals surface area contributed by atoms with E-state index in [4.69, 9.17) is 32.8 Å². The Morgan fingerprint density at radius 2 is 1.51 bits per heavy atom. The van der Waals surface area contributed by atoms with Crippen molar-refractivity contribution in [2.75, 3.05) is 20.0 Å². The Balaban J connectivity index is 2.02. The van der Waals surface area contributed by atoms with Crippen molar-refractivity contribution in [2.45, 2.75) is 51.4 Å². The maximum absolute atomic E-state index is 12.0. The molecule has 0 amide bonds. The van der Waals surface area contributed by atoms with Crippen LogP contribution >= 0.6 is 11.8 Å². The monoisotopic (exact) mass is 510 g/mol. The molecule has 1 aliphatic carbocycles. The molecule has 4 atom stereocenters. The molecule has 0 saturated carbocycles. The lowest BCUT2D eigenvalue weighted by molar-refractivity contribution is -0.186. The highest BCUT2D eigenvalue weighted by molar-refractivity contribution is 7.99. The number of thioether (sulfide) groups is 1. The molecule has 3 aliphatic rings. The molecule has 0 bridgehead atoms. The zero-order chi connectivity index (χ0) is 25.9. The highest BCUT2D eigenvalue weighted by atomic mass is 32.2. The Hall–Kier alpha value is -3.41. The smallest absolute Gasteiger partial charge is 0.303 e. The van der Waals surface area contributed by atoms with Crippen molar-refractivity contribution in [3.8, 4) is 28.6 Å². The number of esters is 3. The molecule has 0 aromatic carbocycles. The zero-order valence-corrected chi connectivity index (χ0v) is 20.9. The summed E-state index contributed by atoms with van der Waals surface area (Å²) in [6.07, 6.45) is -3.06. The molecule has 1 saturated heterocycles. The van der Waals surface area contributed by atoms with Crippen molar-refractivity contribution in [1.29, 1.82) is 0 Å². The molecule has 3 rings (SSSR count). The minimum Gasteiger partial charge on any atom is -0.492 e. The lowest BCUT2D eigenvalue weighted by atomic mass is 10.1. The van der Waals surface area contributed by atoms with Crippen molar-refractivity contribution in [3.63, 3.8) is 0 Å². The topological polar surface area (TPSA) is 137 Å². The normalized spacial score (nSPS) is 21.7. The van der Waals surface area contributed by atoms with E-state index in [2.05, 4.69) is 0 Å². The van der Waals surface area contributed by atoms with Gasteiger partial charge in [0.15, 0.2) is 35.3 Å². The Morgan fingerprint density at radius 3 is 2.06 bits per heavy atom. The minimum absolute atomic E-state index is 0.0158. The summed E-state index contributed by atoms with van der Waals surface area (Å²) < 4.78 is 38.8. The molecule has 1 fully saturated rings. The van der Waals surface area contributed by atoms with E-state index in [9.17, 15) is 19.2 Å². The van der Waals surface area contributed by atoms with Gasteiger partial charge in [-0.15, -0.1) is 11.8 Å². The van der Waals surface area contributed by atoms with Crippen LogP contribution in [-0.2, 0) is 28.6 Å². The Morgan fingerprint density at radius 1 is 0.886 bits per heavy atom. The molecule has 2 aliphatic heterocycles. The molecule has 190 valence electrons. The second kappa shape index (κ2) is 10.9. The van der Waals surface area contributed by atoms with E-state index < -0.39 is 41.7 Å². The van der Waals surface area contributed by atoms with Crippen LogP contribution in [-0.4, -0.2) is 67.4 Å². The van der Waals surface area contributed by atoms with E-state index in [1.807, 2.05) is 0 Å². The number of hydrogen-bond acceptors (Lipinski definition) is 12. The first-order valence-corrected chi connectivity index (χ1v) is 11.6. The van der Waals surface area contributed by atoms with Gasteiger partial charge in [-0.05, 0) is 12.1 Å². The van der Waals surface area contributed by atoms with Gasteiger partial charge in [0, 0.05) is 39.0 Å². The summed E-state index contributed by atoms with van der Waals surface area (Å²) in [6.45, 7) is 4.97. The van der Waals surface area contributed by atoms with E-state index in [0.29, 0.717) is 11.1 Å². The summed E-state index contributed by atoms with van der Waals surface area (Å²) in [6, 6.07) is 3.30. The lowest BCUT2D eigenvalue weighted by Gasteiger charge is -2.39. The fourth-order valence-corrected chi connectivity index (χ4v) is 4.99. The molecule has 12 heteroatoms. The highest BCUT2D eigenvalue weighted by Crippen LogP contribution is 2.50. The van der Waals surface area contributed by atoms with Crippen molar-refractivity contribution in [1.82, 2.24) is 0 Å². The van der Waals surface area contributed by atoms with Crippen LogP contribution in [0.1, 0.15) is 38.2 Å². The molecule has 0 aromatic rings. The predicted molar refractivity (Wildman–Crippen MR) is 122 cm³/mol. The molecule has 0 unspecified atom stereocenters. The van der Waals surface area contributed by atoms with E-state index in [-0.39, 0.29) is 34.7 Å². The number of carbonyl (C=O) groups excluding carboxylic acids is 4. The van der Waals surface area contributed by atoms with Gasteiger partial charge in [-0.1, -0.05) is 0 Å². The third-order valence-corrected chi connectivity index (χ3v) is 6.24. The number of ketones is 1. The van der Waals surface area contributed by atoms with Crippen molar-refractivity contribution < 1.29 is 52.0 Å². The Bertz CT molecular complexity index is 1090. The second-order valence-electron chi connectivity index (χ2n) is 7.61. The summed E-state index contributed by atoms with van der Waals surface area (Å²) in [5, 5.41) is 0. The van der Waals surface area contributed by atoms with Gasteiger partial charge in [0.05, 0.1) is 14.2 Å². The lowest BCUT2D eigenvalue weighted by Crippen LogP contribution is -2.55. The molecule has 0 spiro atoms. The number of rotatable bonds is 8. The predicted octanol–water partition coefficient (Wildman–Crippen LogP) is 2.85. The van der Waals surface area contributed by atoms with E-state index >= 15 is 0 Å². The van der Waals surface area contributed by atoms with Gasteiger partial charge in [-0.3, -0.25) is 19.2 Å². The van der Waals surface area contributed by atoms with Gasteiger partial charge >= 0.3 is 17.9 Å². The fourth-order valence-electron chi connectivity index (χ4n) is 3.78. The number of carbonyl (C=O) groups is 4. The van der Waals surface area contributed by atoms with Gasteiger partial charge in [0.25, 0.3) is 5.95 Å². The second-order valence-corrected chi connectivity index (χ2v) is 8.75. The quantitative estimate of drug-likeness (QED) is 0.293. The maximum atomic E-state index is 12.0. The summed E-state index contributed by atoms with van der Waals surface area (Å²) in [7, 11) is 2.78. The van der Waals surface area contributed by atoms with Crippen LogP contribution in [0.25, 0.3) is 11.1 Å². The Labute approximate surface area is 205 Å². The van der Waals surface area contributed by atoms with Gasteiger partial charge in [0.2, 0.25) is 5.76 Å². The summed E-state index contributed by atoms with van der Waals surface area (Å²) in [5.74, 6) is -1.51. The van der Waals surface area contributed by atoms with Gasteiger partial charge < -0.3 is 32.8 Å². The van der Waals surface area contributed by atoms with Crippen LogP contribution in [0.4, 0.5) is 0 Å². The summed E-state index contributed by atoms with van der Waals surface area (Å²) in [5.41, 5.74) is 0.0430. The van der Waals surface area contributed by atoms with Crippen molar-refractivity contribution in [2.24, 2.45) is 0 Å². The van der Waals surface area contributed by atoms with E-state index in [0.717, 1.165) is 0 Å². The average molecular weight is 511 g/mol. The number of methoxy groups -OCH3 is 2. The average Bonchev–Trinajstić information content (AvgIpc) is 3.19. The standard InChI is InChI=1S/C23H26O11S/c1-10(24)18-19(28-5)14-7-8-15(17(14)22(29-6)34-18)33-23-21(32-13(4)27)20(31-12(3)26)16(9-35-23)30-11(2)25/h7-8,16,20-21,23H,9H2,1-6H3/t16-,20+,21-,23+/m1/s1. The number of ether oxygens (including phenoxy) is 6. The number of fused-ring (bicyclic) bond motifs is 1. The third-order valence-electron chi connectivity index (χ3n) is 5.02. The molecule has 0 radical (unpaired) electrons. The SMILES string of the molecule is COc1oc(C(C)=O)c(OC)c2ccc(O[C@H]3SC[C@@H](OC(C)=O)[C@H](OC(C)=O)[C@H]3OC(C)=O)c1-2. The first-order valence-electron chi connectivity index (χ1n) is 10.6. The molecule has 35 heavy (non-hydrogen) atoms. The summed E-state index contributed by atoms with van der Waals surface area (Å²) >= 11 is 1.21. The molecular formula is C23H26O11S. The van der Waals surface area contributed by atoms with E-state index in [1.54, 1.807) is 12.1 Å². The van der Waals surface area contributed by atoms with Crippen LogP contribution in [0.5, 0.6) is 17.4 Å². The van der Waals surface area contributed by atoms with Crippen molar-refractivity contribution >= 4 is 35.5 Å². The first kappa shape index (κ1) is 26.2. The molecule has 2 heterocycles. The van der Waals surface area contributed by atoms with Crippen LogP contribution in [0.2, 0.25) is 0 Å². The van der Waals surface area contributed by atoms with Gasteiger partial charge in [-0.25, -0.2) is 0 Å².